The van der Waals surface area contributed by atoms with E-state index in [1.807, 2.05) is 0 Å². The molecule has 4 aliphatic rings. The number of anilines is 1. The van der Waals surface area contributed by atoms with Crippen LogP contribution in [-0.4, -0.2) is 35.0 Å². The Bertz CT molecular complexity index is 891. The quantitative estimate of drug-likeness (QED) is 0.393. The van der Waals surface area contributed by atoms with Crippen LogP contribution in [0.25, 0.3) is 0 Å². The lowest BCUT2D eigenvalue weighted by molar-refractivity contribution is -0.525. The van der Waals surface area contributed by atoms with Gasteiger partial charge in [0.05, 0.1) is 5.75 Å². The van der Waals surface area contributed by atoms with Gasteiger partial charge in [-0.15, -0.1) is 0 Å². The van der Waals surface area contributed by atoms with Gasteiger partial charge in [0, 0.05) is 40.4 Å². The van der Waals surface area contributed by atoms with E-state index >= 15 is 0 Å². The van der Waals surface area contributed by atoms with Crippen molar-refractivity contribution in [2.24, 2.45) is 11.8 Å². The van der Waals surface area contributed by atoms with E-state index in [9.17, 15) is 0 Å². The highest BCUT2D eigenvalue weighted by molar-refractivity contribution is 8.14. The summed E-state index contributed by atoms with van der Waals surface area (Å²) in [5, 5.41) is 2.36. The average molecular weight is 472 g/mol. The maximum atomic E-state index is 6.47. The SMILES string of the molecule is CC1(C)/C(=C\C2=[N+](CC3CCCCC3)CCS2)N(CCC2CCCC2)c2ccc(Cl)cc21. The standard InChI is InChI=1S/C28H40ClN2S/c1-28(2)24-18-23(29)12-13-25(24)31(15-14-21-8-6-7-9-21)26(28)19-27-30(16-17-32-27)20-22-10-4-3-5-11-22/h12-13,18-19,21-22H,3-11,14-17,20H2,1-2H3/q+1. The molecule has 0 aromatic heterocycles. The molecule has 4 heteroatoms. The van der Waals surface area contributed by atoms with Crippen LogP contribution in [0.2, 0.25) is 5.02 Å². The van der Waals surface area contributed by atoms with Crippen LogP contribution in [0.4, 0.5) is 5.69 Å². The molecule has 2 nitrogen and oxygen atoms in total. The van der Waals surface area contributed by atoms with Crippen LogP contribution in [0, 0.1) is 11.8 Å². The molecule has 0 unspecified atom stereocenters. The van der Waals surface area contributed by atoms with E-state index in [-0.39, 0.29) is 5.41 Å². The molecule has 0 spiro atoms. The summed E-state index contributed by atoms with van der Waals surface area (Å²) in [7, 11) is 0. The Morgan fingerprint density at radius 2 is 1.78 bits per heavy atom. The normalized spacial score (nSPS) is 25.3. The third-order valence-corrected chi connectivity index (χ3v) is 9.77. The van der Waals surface area contributed by atoms with Gasteiger partial charge < -0.3 is 4.90 Å². The lowest BCUT2D eigenvalue weighted by Gasteiger charge is -2.28. The smallest absolute Gasteiger partial charge is 0.236 e. The predicted molar refractivity (Wildman–Crippen MR) is 141 cm³/mol. The third-order valence-electron chi connectivity index (χ3n) is 8.48. The van der Waals surface area contributed by atoms with Crippen molar-refractivity contribution in [3.8, 4) is 0 Å². The van der Waals surface area contributed by atoms with Crippen molar-refractivity contribution in [2.45, 2.75) is 83.5 Å². The van der Waals surface area contributed by atoms with Gasteiger partial charge >= 0.3 is 0 Å². The Kier molecular flexibility index (Phi) is 6.95. The van der Waals surface area contributed by atoms with E-state index in [0.717, 1.165) is 23.4 Å². The number of rotatable bonds is 6. The first-order chi connectivity index (χ1) is 15.5. The van der Waals surface area contributed by atoms with Gasteiger partial charge in [0.1, 0.15) is 6.54 Å². The molecule has 2 saturated carbocycles. The lowest BCUT2D eigenvalue weighted by atomic mass is 9.83. The fourth-order valence-electron chi connectivity index (χ4n) is 6.53. The monoisotopic (exact) mass is 471 g/mol. The van der Waals surface area contributed by atoms with Crippen LogP contribution in [0.3, 0.4) is 0 Å². The fourth-order valence-corrected chi connectivity index (χ4v) is 7.77. The molecule has 2 heterocycles. The number of fused-ring (bicyclic) bond motifs is 1. The van der Waals surface area contributed by atoms with Crippen molar-refractivity contribution in [1.29, 1.82) is 0 Å². The predicted octanol–water partition coefficient (Wildman–Crippen LogP) is 7.64. The molecular formula is C28H40ClN2S+. The molecule has 0 atom stereocenters. The zero-order valence-electron chi connectivity index (χ0n) is 20.0. The van der Waals surface area contributed by atoms with Gasteiger partial charge in [-0.25, -0.2) is 4.58 Å². The molecule has 32 heavy (non-hydrogen) atoms. The summed E-state index contributed by atoms with van der Waals surface area (Å²) in [4.78, 5) is 2.65. The van der Waals surface area contributed by atoms with E-state index in [2.05, 4.69) is 59.4 Å². The first-order valence-corrected chi connectivity index (χ1v) is 14.4. The summed E-state index contributed by atoms with van der Waals surface area (Å²) in [6.07, 6.45) is 16.7. The largest absolute Gasteiger partial charge is 0.344 e. The summed E-state index contributed by atoms with van der Waals surface area (Å²) in [5.74, 6) is 3.03. The highest BCUT2D eigenvalue weighted by Crippen LogP contribution is 2.49. The number of thioether (sulfide) groups is 1. The second kappa shape index (κ2) is 9.74. The number of hydrogen-bond donors (Lipinski definition) is 0. The summed E-state index contributed by atoms with van der Waals surface area (Å²) in [5.41, 5.74) is 4.24. The van der Waals surface area contributed by atoms with Crippen LogP contribution < -0.4 is 4.90 Å². The fraction of sp³-hybridized carbons (Fsp3) is 0.679. The Morgan fingerprint density at radius 3 is 2.56 bits per heavy atom. The second-order valence-corrected chi connectivity index (χ2v) is 12.6. The topological polar surface area (TPSA) is 6.25 Å². The number of allylic oxidation sites excluding steroid dienone is 1. The van der Waals surface area contributed by atoms with Gasteiger partial charge in [-0.2, -0.15) is 0 Å². The van der Waals surface area contributed by atoms with Crippen molar-refractivity contribution < 1.29 is 4.58 Å². The van der Waals surface area contributed by atoms with Gasteiger partial charge in [-0.1, -0.05) is 82.2 Å². The van der Waals surface area contributed by atoms with E-state index in [1.54, 1.807) is 0 Å². The molecule has 1 aromatic carbocycles. The minimum Gasteiger partial charge on any atom is -0.344 e. The molecule has 2 aliphatic heterocycles. The van der Waals surface area contributed by atoms with Crippen LogP contribution in [-0.2, 0) is 5.41 Å². The minimum atomic E-state index is -0.0113. The summed E-state index contributed by atoms with van der Waals surface area (Å²) >= 11 is 8.54. The van der Waals surface area contributed by atoms with Crippen molar-refractivity contribution in [3.63, 3.8) is 0 Å². The van der Waals surface area contributed by atoms with Crippen LogP contribution >= 0.6 is 23.4 Å². The highest BCUT2D eigenvalue weighted by Gasteiger charge is 2.41. The molecule has 2 aliphatic carbocycles. The summed E-state index contributed by atoms with van der Waals surface area (Å²) in [6.45, 7) is 8.40. The number of benzene rings is 1. The molecule has 2 fully saturated rings. The van der Waals surface area contributed by atoms with E-state index in [4.69, 9.17) is 11.6 Å². The van der Waals surface area contributed by atoms with Gasteiger partial charge in [0.2, 0.25) is 5.04 Å². The molecular weight excluding hydrogens is 432 g/mol. The van der Waals surface area contributed by atoms with Crippen molar-refractivity contribution >= 4 is 34.1 Å². The van der Waals surface area contributed by atoms with Crippen LogP contribution in [0.15, 0.2) is 30.0 Å². The zero-order valence-corrected chi connectivity index (χ0v) is 21.6. The van der Waals surface area contributed by atoms with E-state index < -0.39 is 0 Å². The van der Waals surface area contributed by atoms with Crippen LogP contribution in [0.1, 0.15) is 83.6 Å². The number of hydrogen-bond acceptors (Lipinski definition) is 2. The first-order valence-electron chi connectivity index (χ1n) is 13.1. The molecule has 0 radical (unpaired) electrons. The maximum Gasteiger partial charge on any atom is 0.236 e. The molecule has 0 bridgehead atoms. The molecule has 5 rings (SSSR count). The van der Waals surface area contributed by atoms with Gasteiger partial charge in [0.15, 0.2) is 6.54 Å². The molecule has 1 aromatic rings. The van der Waals surface area contributed by atoms with Crippen molar-refractivity contribution in [1.82, 2.24) is 0 Å². The first kappa shape index (κ1) is 22.8. The second-order valence-electron chi connectivity index (χ2n) is 11.0. The van der Waals surface area contributed by atoms with E-state index in [0.29, 0.717) is 0 Å². The van der Waals surface area contributed by atoms with Gasteiger partial charge in [-0.05, 0) is 48.9 Å². The van der Waals surface area contributed by atoms with Crippen LogP contribution in [0.5, 0.6) is 0 Å². The Hall–Kier alpha value is -0.930. The molecule has 0 N–H and O–H groups in total. The average Bonchev–Trinajstić information content (AvgIpc) is 3.50. The molecule has 0 amide bonds. The van der Waals surface area contributed by atoms with Crippen molar-refractivity contribution in [3.05, 3.63) is 40.6 Å². The third kappa shape index (κ3) is 4.67. The Labute approximate surface area is 204 Å². The summed E-state index contributed by atoms with van der Waals surface area (Å²) < 4.78 is 2.70. The zero-order chi connectivity index (χ0) is 22.1. The maximum absolute atomic E-state index is 6.47. The van der Waals surface area contributed by atoms with Gasteiger partial charge in [-0.3, -0.25) is 0 Å². The number of halogens is 1. The molecule has 0 saturated heterocycles. The Morgan fingerprint density at radius 1 is 1.06 bits per heavy atom. The minimum absolute atomic E-state index is 0.0113. The molecule has 174 valence electrons. The van der Waals surface area contributed by atoms with Crippen molar-refractivity contribution in [2.75, 3.05) is 30.3 Å². The Balaban J connectivity index is 1.46. The lowest BCUT2D eigenvalue weighted by Crippen LogP contribution is -2.30. The van der Waals surface area contributed by atoms with E-state index in [1.165, 1.54) is 105 Å². The highest BCUT2D eigenvalue weighted by atomic mass is 35.5. The summed E-state index contributed by atoms with van der Waals surface area (Å²) in [6, 6.07) is 6.56. The number of nitrogens with zero attached hydrogens (tertiary/aromatic N) is 2. The van der Waals surface area contributed by atoms with Gasteiger partial charge in [0.25, 0.3) is 0 Å².